The van der Waals surface area contributed by atoms with E-state index in [4.69, 9.17) is 0 Å². The second kappa shape index (κ2) is 5.94. The minimum Gasteiger partial charge on any atom is -0.330 e. The van der Waals surface area contributed by atoms with E-state index in [1.165, 1.54) is 16.8 Å². The van der Waals surface area contributed by atoms with Crippen molar-refractivity contribution in [3.8, 4) is 5.69 Å². The van der Waals surface area contributed by atoms with Crippen molar-refractivity contribution in [2.45, 2.75) is 31.3 Å². The van der Waals surface area contributed by atoms with Crippen LogP contribution in [0, 0.1) is 5.82 Å². The molecule has 1 saturated carbocycles. The van der Waals surface area contributed by atoms with Gasteiger partial charge in [-0.3, -0.25) is 4.79 Å². The third-order valence-corrected chi connectivity index (χ3v) is 6.41. The highest BCUT2D eigenvalue weighted by atomic mass is 32.2. The van der Waals surface area contributed by atoms with E-state index in [9.17, 15) is 17.6 Å². The maximum Gasteiger partial charge on any atom is 0.274 e. The fourth-order valence-electron chi connectivity index (χ4n) is 3.31. The van der Waals surface area contributed by atoms with Crippen LogP contribution >= 0.6 is 0 Å². The van der Waals surface area contributed by atoms with Crippen LogP contribution in [-0.2, 0) is 9.84 Å². The van der Waals surface area contributed by atoms with Crippen molar-refractivity contribution in [1.29, 1.82) is 0 Å². The van der Waals surface area contributed by atoms with Crippen LogP contribution in [0.4, 0.5) is 4.39 Å². The maximum absolute atomic E-state index is 13.4. The number of rotatable bonds is 4. The second-order valence-electron chi connectivity index (χ2n) is 6.63. The van der Waals surface area contributed by atoms with Crippen molar-refractivity contribution >= 4 is 15.7 Å². The van der Waals surface area contributed by atoms with E-state index < -0.39 is 9.84 Å². The first kappa shape index (κ1) is 16.3. The predicted molar refractivity (Wildman–Crippen MR) is 89.8 cm³/mol. The zero-order valence-electron chi connectivity index (χ0n) is 13.5. The van der Waals surface area contributed by atoms with Crippen LogP contribution in [-0.4, -0.2) is 52.6 Å². The van der Waals surface area contributed by atoms with Crippen molar-refractivity contribution < 1.29 is 17.6 Å². The molecule has 1 aromatic carbocycles. The molecule has 0 bridgehead atoms. The largest absolute Gasteiger partial charge is 0.330 e. The van der Waals surface area contributed by atoms with Gasteiger partial charge < -0.3 is 4.90 Å². The average molecular weight is 363 g/mol. The lowest BCUT2D eigenvalue weighted by Gasteiger charge is -2.27. The third-order valence-electron chi connectivity index (χ3n) is 4.66. The Labute approximate surface area is 145 Å². The normalized spacial score (nSPS) is 22.0. The average Bonchev–Trinajstić information content (AvgIpc) is 3.14. The van der Waals surface area contributed by atoms with Gasteiger partial charge in [-0.05, 0) is 43.5 Å². The molecule has 8 heteroatoms. The Morgan fingerprint density at radius 2 is 2.00 bits per heavy atom. The first-order valence-electron chi connectivity index (χ1n) is 8.28. The minimum absolute atomic E-state index is 0.0276. The van der Waals surface area contributed by atoms with Crippen LogP contribution < -0.4 is 0 Å². The molecule has 2 aromatic rings. The summed E-state index contributed by atoms with van der Waals surface area (Å²) in [4.78, 5) is 14.6. The van der Waals surface area contributed by atoms with Crippen LogP contribution in [0.25, 0.3) is 5.69 Å². The van der Waals surface area contributed by atoms with E-state index in [0.717, 1.165) is 12.8 Å². The number of carbonyl (C=O) groups excluding carboxylic acids is 1. The van der Waals surface area contributed by atoms with Crippen molar-refractivity contribution in [3.63, 3.8) is 0 Å². The summed E-state index contributed by atoms with van der Waals surface area (Å²) in [7, 11) is -3.07. The standard InChI is InChI=1S/C17H18FN3O3S/c18-12-2-1-3-14(10-12)20-8-6-16(19-20)17(22)21(13-4-5-13)15-7-9-25(23,24)11-15/h1-3,6,8,10,13,15H,4-5,7,9,11H2. The van der Waals surface area contributed by atoms with Gasteiger partial charge in [0.05, 0.1) is 17.2 Å². The fraction of sp³-hybridized carbons (Fsp3) is 0.412. The molecule has 1 saturated heterocycles. The summed E-state index contributed by atoms with van der Waals surface area (Å²) in [5.41, 5.74) is 0.779. The molecular formula is C17H18FN3O3S. The highest BCUT2D eigenvalue weighted by Gasteiger charge is 2.42. The molecule has 2 fully saturated rings. The summed E-state index contributed by atoms with van der Waals surface area (Å²) in [6.45, 7) is 0. The van der Waals surface area contributed by atoms with Crippen LogP contribution in [0.2, 0.25) is 0 Å². The highest BCUT2D eigenvalue weighted by molar-refractivity contribution is 7.91. The van der Waals surface area contributed by atoms with Crippen molar-refractivity contribution in [1.82, 2.24) is 14.7 Å². The molecule has 1 aliphatic heterocycles. The molecule has 0 radical (unpaired) electrons. The van der Waals surface area contributed by atoms with Gasteiger partial charge in [0.1, 0.15) is 5.82 Å². The summed E-state index contributed by atoms with van der Waals surface area (Å²) >= 11 is 0. The fourth-order valence-corrected chi connectivity index (χ4v) is 5.02. The molecule has 2 aliphatic rings. The quantitative estimate of drug-likeness (QED) is 0.830. The summed E-state index contributed by atoms with van der Waals surface area (Å²) in [5, 5.41) is 4.27. The second-order valence-corrected chi connectivity index (χ2v) is 8.85. The molecule has 2 heterocycles. The molecular weight excluding hydrogens is 345 g/mol. The van der Waals surface area contributed by atoms with E-state index in [0.29, 0.717) is 12.1 Å². The van der Waals surface area contributed by atoms with Gasteiger partial charge in [-0.15, -0.1) is 0 Å². The van der Waals surface area contributed by atoms with Gasteiger partial charge in [0.25, 0.3) is 5.91 Å². The van der Waals surface area contributed by atoms with Gasteiger partial charge in [-0.2, -0.15) is 5.10 Å². The molecule has 25 heavy (non-hydrogen) atoms. The lowest BCUT2D eigenvalue weighted by molar-refractivity contribution is 0.0674. The molecule has 132 valence electrons. The van der Waals surface area contributed by atoms with Crippen LogP contribution in [0.5, 0.6) is 0 Å². The molecule has 1 unspecified atom stereocenters. The molecule has 6 nitrogen and oxygen atoms in total. The molecule has 1 amide bonds. The number of carbonyl (C=O) groups is 1. The Bertz CT molecular complexity index is 921. The first-order valence-corrected chi connectivity index (χ1v) is 10.1. The van der Waals surface area contributed by atoms with Crippen LogP contribution in [0.3, 0.4) is 0 Å². The number of halogens is 1. The molecule has 0 spiro atoms. The number of hydrogen-bond donors (Lipinski definition) is 0. The number of benzene rings is 1. The number of hydrogen-bond acceptors (Lipinski definition) is 4. The van der Waals surface area contributed by atoms with Gasteiger partial charge in [-0.25, -0.2) is 17.5 Å². The molecule has 4 rings (SSSR count). The number of amides is 1. The lowest BCUT2D eigenvalue weighted by Crippen LogP contribution is -2.43. The van der Waals surface area contributed by atoms with Crippen LogP contribution in [0.15, 0.2) is 36.5 Å². The lowest BCUT2D eigenvalue weighted by atomic mass is 10.2. The zero-order chi connectivity index (χ0) is 17.6. The number of aromatic nitrogens is 2. The third kappa shape index (κ3) is 3.30. The van der Waals surface area contributed by atoms with Gasteiger partial charge in [0, 0.05) is 18.3 Å². The summed E-state index contributed by atoms with van der Waals surface area (Å²) in [6, 6.07) is 7.37. The zero-order valence-corrected chi connectivity index (χ0v) is 14.3. The number of nitrogens with zero attached hydrogens (tertiary/aromatic N) is 3. The first-order chi connectivity index (χ1) is 11.9. The highest BCUT2D eigenvalue weighted by Crippen LogP contribution is 2.33. The van der Waals surface area contributed by atoms with E-state index in [1.54, 1.807) is 29.3 Å². The Kier molecular flexibility index (Phi) is 3.87. The van der Waals surface area contributed by atoms with Gasteiger partial charge in [0.2, 0.25) is 0 Å². The summed E-state index contributed by atoms with van der Waals surface area (Å²) < 4.78 is 38.4. The summed E-state index contributed by atoms with van der Waals surface area (Å²) in [6.07, 6.45) is 3.88. The van der Waals surface area contributed by atoms with Gasteiger partial charge in [-0.1, -0.05) is 6.07 Å². The topological polar surface area (TPSA) is 72.3 Å². The minimum atomic E-state index is -3.07. The summed E-state index contributed by atoms with van der Waals surface area (Å²) in [5.74, 6) is -0.470. The smallest absolute Gasteiger partial charge is 0.274 e. The Morgan fingerprint density at radius 3 is 2.64 bits per heavy atom. The van der Waals surface area contributed by atoms with E-state index in [1.807, 2.05) is 0 Å². The Morgan fingerprint density at radius 1 is 1.20 bits per heavy atom. The van der Waals surface area contributed by atoms with E-state index >= 15 is 0 Å². The van der Waals surface area contributed by atoms with Gasteiger partial charge in [0.15, 0.2) is 15.5 Å². The van der Waals surface area contributed by atoms with E-state index in [2.05, 4.69) is 5.10 Å². The van der Waals surface area contributed by atoms with Crippen LogP contribution in [0.1, 0.15) is 29.8 Å². The molecule has 0 N–H and O–H groups in total. The Hall–Kier alpha value is -2.22. The SMILES string of the molecule is O=C(c1ccn(-c2cccc(F)c2)n1)N(C1CC1)C1CCS(=O)(=O)C1. The van der Waals surface area contributed by atoms with Crippen molar-refractivity contribution in [2.75, 3.05) is 11.5 Å². The monoisotopic (exact) mass is 363 g/mol. The van der Waals surface area contributed by atoms with Gasteiger partial charge >= 0.3 is 0 Å². The predicted octanol–water partition coefficient (Wildman–Crippen LogP) is 1.80. The molecule has 1 aliphatic carbocycles. The maximum atomic E-state index is 13.4. The number of sulfone groups is 1. The van der Waals surface area contributed by atoms with Crippen molar-refractivity contribution in [3.05, 3.63) is 48.0 Å². The molecule has 1 aromatic heterocycles. The van der Waals surface area contributed by atoms with E-state index in [-0.39, 0.29) is 41.0 Å². The Balaban J connectivity index is 1.59. The van der Waals surface area contributed by atoms with Crippen molar-refractivity contribution in [2.24, 2.45) is 0 Å². The molecule has 1 atom stereocenters.